The van der Waals surface area contributed by atoms with Gasteiger partial charge in [-0.1, -0.05) is 5.57 Å². The molecule has 1 saturated heterocycles. The zero-order valence-corrected chi connectivity index (χ0v) is 19.0. The third-order valence-corrected chi connectivity index (χ3v) is 5.63. The number of rotatable bonds is 4. The quantitative estimate of drug-likeness (QED) is 0.262. The normalized spacial score (nSPS) is 17.5. The minimum Gasteiger partial charge on any atom is -1.00 e. The van der Waals surface area contributed by atoms with Crippen LogP contribution in [0, 0.1) is 13.2 Å². The summed E-state index contributed by atoms with van der Waals surface area (Å²) in [6, 6.07) is 0. The van der Waals surface area contributed by atoms with Crippen LogP contribution in [0.1, 0.15) is 0 Å². The summed E-state index contributed by atoms with van der Waals surface area (Å²) in [5, 5.41) is 2.74. The van der Waals surface area contributed by atoms with Crippen LogP contribution >= 0.6 is 0 Å². The number of carbonyl (C=O) groups is 1. The van der Waals surface area contributed by atoms with Gasteiger partial charge in [0.2, 0.25) is 0 Å². The maximum Gasteiger partial charge on any atom is 4.00 e. The van der Waals surface area contributed by atoms with Crippen molar-refractivity contribution in [3.05, 3.63) is 53.0 Å². The molecule has 1 heterocycles. The van der Waals surface area contributed by atoms with Gasteiger partial charge in [0.15, 0.2) is 8.32 Å². The Morgan fingerprint density at radius 3 is 2.43 bits per heavy atom. The fraction of sp³-hybridized carbons (Fsp3) is 0.333. The molecular formula is C15H20Cl2O3Si2Ti. The van der Waals surface area contributed by atoms with Gasteiger partial charge in [0.1, 0.15) is 5.78 Å². The van der Waals surface area contributed by atoms with Crippen LogP contribution in [0.15, 0.2) is 39.8 Å². The number of fused-ring (bicyclic) bond motifs is 2. The predicted molar refractivity (Wildman–Crippen MR) is 85.2 cm³/mol. The fourth-order valence-corrected chi connectivity index (χ4v) is 4.05. The van der Waals surface area contributed by atoms with Crippen LogP contribution in [0.5, 0.6) is 0 Å². The maximum atomic E-state index is 11.3. The Labute approximate surface area is 169 Å². The van der Waals surface area contributed by atoms with Crippen LogP contribution in [0.25, 0.3) is 0 Å². The van der Waals surface area contributed by atoms with E-state index in [2.05, 4.69) is 37.6 Å². The van der Waals surface area contributed by atoms with Gasteiger partial charge < -0.3 is 38.8 Å². The van der Waals surface area contributed by atoms with Crippen molar-refractivity contribution in [2.75, 3.05) is 13.2 Å². The SMILES string of the molecule is O=C1C=CC=C2[C-]=C3[SiH2]C3=C12.[CH2-]OCCO[Si](C)(C)C.[Cl-].[Cl-].[Ti+4]. The number of hydrogen-bond acceptors (Lipinski definition) is 3. The molecule has 124 valence electrons. The van der Waals surface area contributed by atoms with E-state index in [-0.39, 0.29) is 61.8 Å². The van der Waals surface area contributed by atoms with Crippen LogP contribution in [0.3, 0.4) is 0 Å². The van der Waals surface area contributed by atoms with Gasteiger partial charge in [0.05, 0.1) is 6.61 Å². The first kappa shape index (κ1) is 25.5. The molecule has 3 rings (SSSR count). The van der Waals surface area contributed by atoms with Crippen LogP contribution in [0.4, 0.5) is 0 Å². The van der Waals surface area contributed by atoms with Crippen LogP contribution in [-0.4, -0.2) is 36.8 Å². The molecule has 3 aliphatic rings. The average Bonchev–Trinajstić information content (AvgIpc) is 3.00. The Morgan fingerprint density at radius 2 is 1.91 bits per heavy atom. The molecule has 1 aliphatic heterocycles. The molecule has 3 nitrogen and oxygen atoms in total. The number of ketones is 1. The van der Waals surface area contributed by atoms with E-state index in [4.69, 9.17) is 4.43 Å². The third kappa shape index (κ3) is 7.80. The van der Waals surface area contributed by atoms with Crippen molar-refractivity contribution in [1.29, 1.82) is 0 Å². The first-order valence-electron chi connectivity index (χ1n) is 6.73. The van der Waals surface area contributed by atoms with E-state index in [0.717, 1.165) is 11.1 Å². The van der Waals surface area contributed by atoms with E-state index in [1.165, 1.54) is 10.4 Å². The van der Waals surface area contributed by atoms with E-state index in [0.29, 0.717) is 13.2 Å². The van der Waals surface area contributed by atoms with Gasteiger partial charge in [-0.2, -0.15) is 10.4 Å². The molecule has 0 spiro atoms. The molecule has 2 aliphatic carbocycles. The molecule has 0 amide bonds. The molecule has 0 unspecified atom stereocenters. The van der Waals surface area contributed by atoms with Gasteiger partial charge in [-0.15, -0.1) is 23.8 Å². The number of ether oxygens (including phenoxy) is 1. The molecular weight excluding hydrogens is 403 g/mol. The number of hydrogen-bond donors (Lipinski definition) is 0. The minimum absolute atomic E-state index is 0. The predicted octanol–water partition coefficient (Wildman–Crippen LogP) is -4.16. The number of allylic oxidation sites excluding steroid dienone is 8. The molecule has 0 atom stereocenters. The van der Waals surface area contributed by atoms with Crippen molar-refractivity contribution in [2.45, 2.75) is 19.6 Å². The van der Waals surface area contributed by atoms with E-state index in [1.54, 1.807) is 6.08 Å². The standard InChI is InChI=1S/C9H5OSi.C6H15O2Si.2ClH.Ti/c10-6-3-1-2-5-4-7-9(11-7)8(5)6;1-7-5-6-8-9(2,3)4;;;/h1-3H,11H2;1,5-6H2,2-4H3;2*1H;/q2*-1;;;+4/p-2. The van der Waals surface area contributed by atoms with E-state index in [9.17, 15) is 4.79 Å². The average molecular weight is 423 g/mol. The molecule has 0 bridgehead atoms. The van der Waals surface area contributed by atoms with E-state index < -0.39 is 8.32 Å². The van der Waals surface area contributed by atoms with Crippen LogP contribution < -0.4 is 24.8 Å². The second kappa shape index (κ2) is 11.0. The molecule has 0 aromatic heterocycles. The van der Waals surface area contributed by atoms with Gasteiger partial charge in [-0.25, -0.2) is 7.11 Å². The minimum atomic E-state index is -1.30. The van der Waals surface area contributed by atoms with E-state index in [1.807, 2.05) is 12.2 Å². The van der Waals surface area contributed by atoms with Crippen molar-refractivity contribution in [3.63, 3.8) is 0 Å². The summed E-state index contributed by atoms with van der Waals surface area (Å²) in [5.41, 5.74) is 2.00. The second-order valence-electron chi connectivity index (χ2n) is 5.81. The molecule has 8 heteroatoms. The summed E-state index contributed by atoms with van der Waals surface area (Å²) in [6.45, 7) is 7.73. The maximum absolute atomic E-state index is 11.3. The molecule has 0 saturated carbocycles. The monoisotopic (exact) mass is 422 g/mol. The third-order valence-electron chi connectivity index (χ3n) is 2.97. The van der Waals surface area contributed by atoms with Crippen molar-refractivity contribution in [3.8, 4) is 0 Å². The fourth-order valence-electron chi connectivity index (χ4n) is 2.01. The summed E-state index contributed by atoms with van der Waals surface area (Å²) in [7, 11) is 1.82. The Kier molecular flexibility index (Phi) is 12.2. The Balaban J connectivity index is 0. The smallest absolute Gasteiger partial charge is 1.00 e. The van der Waals surface area contributed by atoms with Crippen LogP contribution in [-0.2, 0) is 35.7 Å². The van der Waals surface area contributed by atoms with Gasteiger partial charge in [-0.05, 0) is 25.7 Å². The first-order valence-corrected chi connectivity index (χ1v) is 11.5. The summed E-state index contributed by atoms with van der Waals surface area (Å²) in [5.74, 6) is 0.185. The molecule has 1 fully saturated rings. The van der Waals surface area contributed by atoms with Crippen molar-refractivity contribution >= 4 is 23.6 Å². The summed E-state index contributed by atoms with van der Waals surface area (Å²) < 4.78 is 10.0. The molecule has 0 aromatic rings. The summed E-state index contributed by atoms with van der Waals surface area (Å²) >= 11 is 0. The molecule has 0 aromatic carbocycles. The zero-order chi connectivity index (χ0) is 14.8. The number of halogens is 2. The van der Waals surface area contributed by atoms with Crippen molar-refractivity contribution < 1.29 is 60.5 Å². The topological polar surface area (TPSA) is 35.5 Å². The Morgan fingerprint density at radius 1 is 1.26 bits per heavy atom. The Hall–Kier alpha value is 0.278. The number of carbonyl (C=O) groups excluding carboxylic acids is 1. The van der Waals surface area contributed by atoms with Gasteiger partial charge in [0.25, 0.3) is 0 Å². The summed E-state index contributed by atoms with van der Waals surface area (Å²) in [6.07, 6.45) is 8.67. The second-order valence-corrected chi connectivity index (χ2v) is 12.1. The van der Waals surface area contributed by atoms with Gasteiger partial charge in [-0.3, -0.25) is 0 Å². The van der Waals surface area contributed by atoms with Crippen molar-refractivity contribution in [2.24, 2.45) is 0 Å². The molecule has 23 heavy (non-hydrogen) atoms. The molecule has 0 N–H and O–H groups in total. The van der Waals surface area contributed by atoms with E-state index >= 15 is 0 Å². The van der Waals surface area contributed by atoms with Crippen LogP contribution in [0.2, 0.25) is 19.6 Å². The first-order chi connectivity index (χ1) is 9.42. The molecule has 0 radical (unpaired) electrons. The summed E-state index contributed by atoms with van der Waals surface area (Å²) in [4.78, 5) is 11.3. The van der Waals surface area contributed by atoms with Gasteiger partial charge >= 0.3 is 21.7 Å². The van der Waals surface area contributed by atoms with Gasteiger partial charge in [0, 0.05) is 16.1 Å². The Bertz CT molecular complexity index is 549. The zero-order valence-electron chi connectivity index (χ0n) is 13.5. The largest absolute Gasteiger partial charge is 4.00 e. The van der Waals surface area contributed by atoms with Crippen molar-refractivity contribution in [1.82, 2.24) is 0 Å².